The van der Waals surface area contributed by atoms with Crippen molar-refractivity contribution in [1.29, 1.82) is 0 Å². The fourth-order valence-electron chi connectivity index (χ4n) is 1.87. The summed E-state index contributed by atoms with van der Waals surface area (Å²) in [6.07, 6.45) is 2.07. The fourth-order valence-corrected chi connectivity index (χ4v) is 1.87. The average Bonchev–Trinajstić information content (AvgIpc) is 3.17. The predicted octanol–water partition coefficient (Wildman–Crippen LogP) is 1.26. The van der Waals surface area contributed by atoms with E-state index in [4.69, 9.17) is 0 Å². The summed E-state index contributed by atoms with van der Waals surface area (Å²) in [7, 11) is 0. The molecule has 1 fully saturated rings. The highest BCUT2D eigenvalue weighted by molar-refractivity contribution is 6.02. The monoisotopic (exact) mass is 285 g/mol. The second kappa shape index (κ2) is 5.35. The van der Waals surface area contributed by atoms with Gasteiger partial charge in [-0.3, -0.25) is 14.7 Å². The summed E-state index contributed by atoms with van der Waals surface area (Å²) in [5.41, 5.74) is 1.05. The molecule has 0 atom stereocenters. The molecule has 1 aromatic carbocycles. The van der Waals surface area contributed by atoms with Crippen molar-refractivity contribution in [3.8, 4) is 0 Å². The van der Waals surface area contributed by atoms with E-state index in [0.29, 0.717) is 23.1 Å². The summed E-state index contributed by atoms with van der Waals surface area (Å²) < 4.78 is 0. The third kappa shape index (κ3) is 3.25. The van der Waals surface area contributed by atoms with E-state index in [0.717, 1.165) is 12.8 Å². The van der Waals surface area contributed by atoms with Gasteiger partial charge in [-0.2, -0.15) is 0 Å². The second-order valence-corrected chi connectivity index (χ2v) is 5.03. The van der Waals surface area contributed by atoms with Crippen molar-refractivity contribution in [2.75, 3.05) is 5.32 Å². The Hall–Kier alpha value is -2.70. The molecule has 0 aliphatic heterocycles. The van der Waals surface area contributed by atoms with Crippen molar-refractivity contribution in [2.24, 2.45) is 0 Å². The van der Waals surface area contributed by atoms with Gasteiger partial charge in [-0.25, -0.2) is 4.98 Å². The number of nitrogens with one attached hydrogen (secondary N) is 3. The zero-order valence-corrected chi connectivity index (χ0v) is 11.5. The van der Waals surface area contributed by atoms with Crippen molar-refractivity contribution in [1.82, 2.24) is 20.5 Å². The van der Waals surface area contributed by atoms with Crippen LogP contribution in [0.4, 0.5) is 5.69 Å². The van der Waals surface area contributed by atoms with Crippen molar-refractivity contribution < 1.29 is 9.59 Å². The van der Waals surface area contributed by atoms with Crippen LogP contribution in [0.5, 0.6) is 0 Å². The van der Waals surface area contributed by atoms with E-state index in [9.17, 15) is 9.59 Å². The van der Waals surface area contributed by atoms with E-state index in [1.54, 1.807) is 31.2 Å². The number of H-pyrrole nitrogens is 1. The quantitative estimate of drug-likeness (QED) is 0.787. The number of hydrogen-bond acceptors (Lipinski definition) is 4. The number of hydrogen-bond donors (Lipinski definition) is 3. The van der Waals surface area contributed by atoms with E-state index >= 15 is 0 Å². The van der Waals surface area contributed by atoms with Crippen LogP contribution in [0.15, 0.2) is 24.3 Å². The third-order valence-corrected chi connectivity index (χ3v) is 3.10. The number of carbonyl (C=O) groups excluding carboxylic acids is 2. The highest BCUT2D eigenvalue weighted by atomic mass is 16.2. The van der Waals surface area contributed by atoms with Crippen LogP contribution in [0.1, 0.15) is 39.6 Å². The van der Waals surface area contributed by atoms with Crippen molar-refractivity contribution in [3.05, 3.63) is 41.5 Å². The number of nitrogens with zero attached hydrogens (tertiary/aromatic N) is 2. The van der Waals surface area contributed by atoms with Gasteiger partial charge in [0.05, 0.1) is 0 Å². The first kappa shape index (κ1) is 13.3. The lowest BCUT2D eigenvalue weighted by Gasteiger charge is -2.06. The first-order valence-corrected chi connectivity index (χ1v) is 6.73. The zero-order chi connectivity index (χ0) is 14.8. The van der Waals surface area contributed by atoms with Gasteiger partial charge in [0.1, 0.15) is 5.82 Å². The molecule has 1 aliphatic carbocycles. The normalized spacial score (nSPS) is 13.8. The van der Waals surface area contributed by atoms with Gasteiger partial charge in [0.15, 0.2) is 0 Å². The summed E-state index contributed by atoms with van der Waals surface area (Å²) in [5, 5.41) is 12.0. The molecule has 1 aliphatic rings. The maximum absolute atomic E-state index is 12.0. The van der Waals surface area contributed by atoms with Gasteiger partial charge in [0, 0.05) is 17.3 Å². The van der Waals surface area contributed by atoms with Crippen LogP contribution in [0.25, 0.3) is 0 Å². The van der Waals surface area contributed by atoms with Crippen LogP contribution in [-0.4, -0.2) is 33.0 Å². The van der Waals surface area contributed by atoms with Gasteiger partial charge in [-0.15, -0.1) is 5.10 Å². The van der Waals surface area contributed by atoms with E-state index in [-0.39, 0.29) is 11.7 Å². The average molecular weight is 285 g/mol. The molecule has 2 amide bonds. The number of aromatic nitrogens is 3. The molecule has 2 aromatic rings. The first-order chi connectivity index (χ1) is 10.1. The largest absolute Gasteiger partial charge is 0.349 e. The molecular formula is C14H15N5O2. The van der Waals surface area contributed by atoms with Crippen LogP contribution in [-0.2, 0) is 0 Å². The molecule has 108 valence electrons. The molecule has 0 bridgehead atoms. The van der Waals surface area contributed by atoms with Crippen LogP contribution in [0.3, 0.4) is 0 Å². The van der Waals surface area contributed by atoms with E-state index < -0.39 is 5.91 Å². The molecule has 7 nitrogen and oxygen atoms in total. The molecule has 3 rings (SSSR count). The SMILES string of the molecule is Cc1nc(C(=O)Nc2cccc(C(=O)NC3CC3)c2)n[nH]1. The summed E-state index contributed by atoms with van der Waals surface area (Å²) in [6, 6.07) is 7.08. The van der Waals surface area contributed by atoms with Crippen LogP contribution in [0, 0.1) is 6.92 Å². The Morgan fingerprint density at radius 1 is 1.29 bits per heavy atom. The minimum Gasteiger partial charge on any atom is -0.349 e. The summed E-state index contributed by atoms with van der Waals surface area (Å²) in [5.74, 6) is 0.0967. The van der Waals surface area contributed by atoms with E-state index in [2.05, 4.69) is 25.8 Å². The van der Waals surface area contributed by atoms with Crippen molar-refractivity contribution >= 4 is 17.5 Å². The molecule has 1 saturated carbocycles. The van der Waals surface area contributed by atoms with Gasteiger partial charge in [0.2, 0.25) is 5.82 Å². The van der Waals surface area contributed by atoms with Gasteiger partial charge in [0.25, 0.3) is 11.8 Å². The smallest absolute Gasteiger partial charge is 0.295 e. The number of benzene rings is 1. The number of aryl methyl sites for hydroxylation is 1. The number of carbonyl (C=O) groups is 2. The molecule has 0 spiro atoms. The van der Waals surface area contributed by atoms with Gasteiger partial charge >= 0.3 is 0 Å². The zero-order valence-electron chi connectivity index (χ0n) is 11.5. The lowest BCUT2D eigenvalue weighted by Crippen LogP contribution is -2.25. The molecule has 0 saturated heterocycles. The third-order valence-electron chi connectivity index (χ3n) is 3.10. The minimum absolute atomic E-state index is 0.0698. The molecule has 1 aromatic heterocycles. The molecule has 0 unspecified atom stereocenters. The lowest BCUT2D eigenvalue weighted by molar-refractivity contribution is 0.0949. The number of anilines is 1. The van der Waals surface area contributed by atoms with Gasteiger partial charge in [-0.05, 0) is 38.0 Å². The Bertz CT molecular complexity index is 690. The van der Waals surface area contributed by atoms with E-state index in [1.807, 2.05) is 0 Å². The number of rotatable bonds is 4. The summed E-state index contributed by atoms with van der Waals surface area (Å²) in [6.45, 7) is 1.71. The molecule has 1 heterocycles. The molecule has 7 heteroatoms. The highest BCUT2D eigenvalue weighted by Gasteiger charge is 2.23. The number of aromatic amines is 1. The first-order valence-electron chi connectivity index (χ1n) is 6.73. The van der Waals surface area contributed by atoms with Crippen LogP contribution in [0.2, 0.25) is 0 Å². The Balaban J connectivity index is 1.70. The van der Waals surface area contributed by atoms with Gasteiger partial charge in [-0.1, -0.05) is 6.07 Å². The van der Waals surface area contributed by atoms with Crippen molar-refractivity contribution in [3.63, 3.8) is 0 Å². The second-order valence-electron chi connectivity index (χ2n) is 5.03. The summed E-state index contributed by atoms with van der Waals surface area (Å²) in [4.78, 5) is 27.8. The maximum Gasteiger partial charge on any atom is 0.295 e. The Morgan fingerprint density at radius 2 is 2.10 bits per heavy atom. The highest BCUT2D eigenvalue weighted by Crippen LogP contribution is 2.20. The molecule has 21 heavy (non-hydrogen) atoms. The molecule has 0 radical (unpaired) electrons. The van der Waals surface area contributed by atoms with Gasteiger partial charge < -0.3 is 10.6 Å². The minimum atomic E-state index is -0.417. The summed E-state index contributed by atoms with van der Waals surface area (Å²) >= 11 is 0. The Kier molecular flexibility index (Phi) is 3.39. The van der Waals surface area contributed by atoms with Crippen LogP contribution < -0.4 is 10.6 Å². The van der Waals surface area contributed by atoms with E-state index in [1.165, 1.54) is 0 Å². The number of amides is 2. The Morgan fingerprint density at radius 3 is 2.76 bits per heavy atom. The van der Waals surface area contributed by atoms with Crippen molar-refractivity contribution in [2.45, 2.75) is 25.8 Å². The molecular weight excluding hydrogens is 270 g/mol. The topological polar surface area (TPSA) is 99.8 Å². The molecule has 3 N–H and O–H groups in total. The standard InChI is InChI=1S/C14H15N5O2/c1-8-15-12(19-18-8)14(21)17-11-4-2-3-9(7-11)13(20)16-10-5-6-10/h2-4,7,10H,5-6H2,1H3,(H,16,20)(H,17,21)(H,15,18,19). The fraction of sp³-hybridized carbons (Fsp3) is 0.286. The maximum atomic E-state index is 12.0. The Labute approximate surface area is 121 Å². The van der Waals surface area contributed by atoms with Crippen LogP contribution >= 0.6 is 0 Å². The lowest BCUT2D eigenvalue weighted by atomic mass is 10.2. The predicted molar refractivity (Wildman–Crippen MR) is 76.0 cm³/mol.